The summed E-state index contributed by atoms with van der Waals surface area (Å²) < 4.78 is 22.9. The van der Waals surface area contributed by atoms with E-state index in [9.17, 15) is 29.7 Å². The molecule has 6 N–H and O–H groups in total. The van der Waals surface area contributed by atoms with Crippen LogP contribution in [-0.4, -0.2) is 100 Å². The van der Waals surface area contributed by atoms with Gasteiger partial charge in [-0.05, 0) is 62.9 Å². The minimum absolute atomic E-state index is 0.216. The Balaban J connectivity index is 1.26. The maximum absolute atomic E-state index is 14.2. The number of hydrogen-bond donors (Lipinski definition) is 6. The first-order chi connectivity index (χ1) is 25.2. The maximum Gasteiger partial charge on any atom is 0.408 e. The maximum atomic E-state index is 14.2. The number of hydrogen-bond acceptors (Lipinski definition) is 10. The Labute approximate surface area is 310 Å². The van der Waals surface area contributed by atoms with E-state index >= 15 is 0 Å². The molecule has 0 bridgehead atoms. The third-order valence-electron chi connectivity index (χ3n) is 8.89. The van der Waals surface area contributed by atoms with Crippen molar-refractivity contribution in [2.45, 2.75) is 69.9 Å². The van der Waals surface area contributed by atoms with Crippen LogP contribution in [-0.2, 0) is 19.0 Å². The van der Waals surface area contributed by atoms with Gasteiger partial charge >= 0.3 is 6.09 Å². The van der Waals surface area contributed by atoms with Gasteiger partial charge in [0.05, 0.1) is 18.1 Å². The van der Waals surface area contributed by atoms with Crippen molar-refractivity contribution in [3.05, 3.63) is 78.2 Å². The molecule has 15 heteroatoms. The van der Waals surface area contributed by atoms with Crippen molar-refractivity contribution in [3.8, 4) is 5.75 Å². The lowest BCUT2D eigenvalue weighted by Crippen LogP contribution is -2.60. The summed E-state index contributed by atoms with van der Waals surface area (Å²) in [7, 11) is 0. The van der Waals surface area contributed by atoms with Crippen molar-refractivity contribution in [1.29, 1.82) is 0 Å². The van der Waals surface area contributed by atoms with Gasteiger partial charge in [-0.15, -0.1) is 11.6 Å². The zero-order valence-corrected chi connectivity index (χ0v) is 30.5. The highest BCUT2D eigenvalue weighted by molar-refractivity contribution is 6.19. The number of halogens is 1. The van der Waals surface area contributed by atoms with E-state index in [0.717, 1.165) is 10.9 Å². The van der Waals surface area contributed by atoms with Gasteiger partial charge in [-0.25, -0.2) is 4.79 Å². The van der Waals surface area contributed by atoms with E-state index < -0.39 is 54.9 Å². The largest absolute Gasteiger partial charge is 0.490 e. The second-order valence-corrected chi connectivity index (χ2v) is 14.4. The molecule has 6 rings (SSSR count). The molecule has 2 aliphatic rings. The number of carbonyl (C=O) groups excluding carboxylic acids is 3. The number of nitrogens with zero attached hydrogens (tertiary/aromatic N) is 1. The van der Waals surface area contributed by atoms with E-state index in [4.69, 9.17) is 30.5 Å². The third-order valence-corrected chi connectivity index (χ3v) is 9.26. The van der Waals surface area contributed by atoms with E-state index in [2.05, 4.69) is 22.2 Å². The first kappa shape index (κ1) is 37.9. The van der Waals surface area contributed by atoms with Crippen LogP contribution in [0.4, 0.5) is 16.2 Å². The highest BCUT2D eigenvalue weighted by Crippen LogP contribution is 2.46. The number of ether oxygens (including phenoxy) is 4. The van der Waals surface area contributed by atoms with Crippen molar-refractivity contribution in [1.82, 2.24) is 10.3 Å². The Morgan fingerprint density at radius 3 is 2.49 bits per heavy atom. The lowest BCUT2D eigenvalue weighted by molar-refractivity contribution is -0.279. The fraction of sp³-hybridized carbons (Fsp3) is 0.395. The minimum atomic E-state index is -1.55. The van der Waals surface area contributed by atoms with E-state index in [-0.39, 0.29) is 48.0 Å². The van der Waals surface area contributed by atoms with Crippen molar-refractivity contribution in [2.75, 3.05) is 35.8 Å². The number of aromatic nitrogens is 1. The number of aromatic amines is 1. The minimum Gasteiger partial charge on any atom is -0.490 e. The molecule has 4 aromatic rings. The van der Waals surface area contributed by atoms with Gasteiger partial charge in [-0.3, -0.25) is 9.59 Å². The molecule has 3 heterocycles. The Morgan fingerprint density at radius 1 is 1.08 bits per heavy atom. The summed E-state index contributed by atoms with van der Waals surface area (Å²) in [5, 5.41) is 39.2. The quantitative estimate of drug-likeness (QED) is 0.0994. The Bertz CT molecular complexity index is 2040. The Kier molecular flexibility index (Phi) is 10.9. The van der Waals surface area contributed by atoms with E-state index in [0.29, 0.717) is 27.7 Å². The highest BCUT2D eigenvalue weighted by Gasteiger charge is 2.47. The standard InChI is InChI=1S/C38H43ClN4O10/c1-19(2)50-34-29(18-44)52-36(33(47)32(34)46)51-28-14-27-31(24-9-7-6-8-23(24)28)21(15-39)17-43(27)35(48)26-13-20-12-22(10-11-25(20)42-26)41-30(45)16-40-37(49)53-38(3,4)5/h6-14,21,29,32-34,36,42,44,46-47H,1,15-18H2,2-5H3,(H,40,49)(H,41,45)/t21?,29?,32?,33?,34-,36+/m0/s1. The molecule has 0 spiro atoms. The molecule has 3 aromatic carbocycles. The smallest absolute Gasteiger partial charge is 0.408 e. The third kappa shape index (κ3) is 8.06. The molecule has 1 aromatic heterocycles. The average molecular weight is 751 g/mol. The number of alkyl halides is 1. The van der Waals surface area contributed by atoms with Gasteiger partial charge in [0.15, 0.2) is 6.10 Å². The van der Waals surface area contributed by atoms with Crippen LogP contribution in [0.5, 0.6) is 5.75 Å². The Hall–Kier alpha value is -4.86. The van der Waals surface area contributed by atoms with Crippen LogP contribution < -0.4 is 20.3 Å². The van der Waals surface area contributed by atoms with Crippen molar-refractivity contribution < 1.29 is 48.7 Å². The van der Waals surface area contributed by atoms with Gasteiger partial charge in [-0.1, -0.05) is 30.8 Å². The summed E-state index contributed by atoms with van der Waals surface area (Å²) in [6, 6.07) is 15.9. The molecule has 14 nitrogen and oxygen atoms in total. The number of benzene rings is 3. The summed E-state index contributed by atoms with van der Waals surface area (Å²) in [5.41, 5.74) is 2.11. The summed E-state index contributed by atoms with van der Waals surface area (Å²) in [6.45, 7) is 9.90. The Morgan fingerprint density at radius 2 is 1.81 bits per heavy atom. The number of rotatable bonds is 10. The summed E-state index contributed by atoms with van der Waals surface area (Å²) in [5.74, 6) is -0.227. The number of alkyl carbamates (subject to hydrolysis) is 1. The second-order valence-electron chi connectivity index (χ2n) is 14.1. The molecular weight excluding hydrogens is 708 g/mol. The lowest BCUT2D eigenvalue weighted by Gasteiger charge is -2.41. The predicted octanol–water partition coefficient (Wildman–Crippen LogP) is 4.50. The normalized spacial score (nSPS) is 22.7. The fourth-order valence-corrected chi connectivity index (χ4v) is 6.88. The molecule has 0 aliphatic carbocycles. The molecule has 2 aliphatic heterocycles. The van der Waals surface area contributed by atoms with E-state index in [1.807, 2.05) is 24.3 Å². The number of anilines is 2. The second kappa shape index (κ2) is 15.2. The number of nitrogens with one attached hydrogen (secondary N) is 3. The number of aliphatic hydroxyl groups excluding tert-OH is 3. The summed E-state index contributed by atoms with van der Waals surface area (Å²) in [6.07, 6.45) is -7.22. The number of allylic oxidation sites excluding steroid dienone is 1. The molecule has 0 radical (unpaired) electrons. The number of H-pyrrole nitrogens is 1. The number of fused-ring (bicyclic) bond motifs is 4. The fourth-order valence-electron chi connectivity index (χ4n) is 6.62. The first-order valence-electron chi connectivity index (χ1n) is 17.1. The lowest BCUT2D eigenvalue weighted by atomic mass is 9.95. The number of aliphatic hydroxyl groups is 3. The highest BCUT2D eigenvalue weighted by atomic mass is 35.5. The molecule has 0 saturated carbocycles. The van der Waals surface area contributed by atoms with Gasteiger partial charge in [-0.2, -0.15) is 0 Å². The van der Waals surface area contributed by atoms with Crippen LogP contribution in [0.3, 0.4) is 0 Å². The number of carbonyl (C=O) groups is 3. The molecule has 6 atom stereocenters. The van der Waals surface area contributed by atoms with Gasteiger partial charge < -0.3 is 54.8 Å². The zero-order valence-electron chi connectivity index (χ0n) is 29.7. The van der Waals surface area contributed by atoms with E-state index in [1.165, 1.54) is 0 Å². The summed E-state index contributed by atoms with van der Waals surface area (Å²) >= 11 is 6.49. The van der Waals surface area contributed by atoms with Crippen LogP contribution in [0.25, 0.3) is 21.7 Å². The molecule has 1 saturated heterocycles. The van der Waals surface area contributed by atoms with Crippen molar-refractivity contribution in [3.63, 3.8) is 0 Å². The molecule has 53 heavy (non-hydrogen) atoms. The average Bonchev–Trinajstić information content (AvgIpc) is 3.71. The topological polar surface area (TPSA) is 192 Å². The monoisotopic (exact) mass is 750 g/mol. The first-order valence-corrected chi connectivity index (χ1v) is 17.6. The van der Waals surface area contributed by atoms with Crippen LogP contribution in [0.1, 0.15) is 49.7 Å². The van der Waals surface area contributed by atoms with Crippen LogP contribution in [0, 0.1) is 0 Å². The van der Waals surface area contributed by atoms with Crippen LogP contribution >= 0.6 is 11.6 Å². The molecule has 3 amide bonds. The van der Waals surface area contributed by atoms with Crippen LogP contribution in [0.15, 0.2) is 66.9 Å². The SMILES string of the molecule is C=C(C)O[C@H]1C(CO)O[C@@H](Oc2cc3c(c4ccccc24)C(CCl)CN3C(=O)c2cc3cc(NC(=O)CNC(=O)OC(C)(C)C)ccc3[nH]2)C(O)C1O. The van der Waals surface area contributed by atoms with Gasteiger partial charge in [0.1, 0.15) is 41.9 Å². The van der Waals surface area contributed by atoms with E-state index in [1.54, 1.807) is 62.9 Å². The van der Waals surface area contributed by atoms with Gasteiger partial charge in [0.25, 0.3) is 5.91 Å². The number of amides is 3. The van der Waals surface area contributed by atoms with Crippen molar-refractivity contribution in [2.24, 2.45) is 0 Å². The van der Waals surface area contributed by atoms with Crippen LogP contribution in [0.2, 0.25) is 0 Å². The summed E-state index contributed by atoms with van der Waals surface area (Å²) in [4.78, 5) is 43.5. The zero-order chi connectivity index (χ0) is 38.2. The molecule has 4 unspecified atom stereocenters. The van der Waals surface area contributed by atoms with Gasteiger partial charge in [0, 0.05) is 46.4 Å². The molecule has 1 fully saturated rings. The van der Waals surface area contributed by atoms with Gasteiger partial charge in [0.2, 0.25) is 12.2 Å². The molecule has 282 valence electrons. The molecular formula is C38H43ClN4O10. The predicted molar refractivity (Wildman–Crippen MR) is 198 cm³/mol. The van der Waals surface area contributed by atoms with Crippen molar-refractivity contribution >= 4 is 62.6 Å².